The van der Waals surface area contributed by atoms with E-state index in [1.54, 1.807) is 19.2 Å². The van der Waals surface area contributed by atoms with Gasteiger partial charge in [0, 0.05) is 30.6 Å². The Balaban J connectivity index is 2.25. The first-order chi connectivity index (χ1) is 8.95. The van der Waals surface area contributed by atoms with Gasteiger partial charge in [0.25, 0.3) is 10.0 Å². The Morgan fingerprint density at radius 2 is 2.21 bits per heavy atom. The topological polar surface area (TPSA) is 76.5 Å². The van der Waals surface area contributed by atoms with Gasteiger partial charge >= 0.3 is 0 Å². The zero-order valence-corrected chi connectivity index (χ0v) is 12.4. The molecule has 0 saturated heterocycles. The van der Waals surface area contributed by atoms with Crippen LogP contribution in [0.15, 0.2) is 33.3 Å². The quantitative estimate of drug-likeness (QED) is 0.915. The van der Waals surface area contributed by atoms with Gasteiger partial charge in [-0.15, -0.1) is 11.3 Å². The van der Waals surface area contributed by atoms with Crippen LogP contribution in [-0.4, -0.2) is 19.8 Å². The van der Waals surface area contributed by atoms with Gasteiger partial charge in [0.1, 0.15) is 4.21 Å². The van der Waals surface area contributed by atoms with Crippen molar-refractivity contribution in [1.82, 2.24) is 4.31 Å². The molecule has 0 atom stereocenters. The van der Waals surface area contributed by atoms with Gasteiger partial charge in [-0.3, -0.25) is 0 Å². The molecule has 2 aromatic heterocycles. The summed E-state index contributed by atoms with van der Waals surface area (Å²) in [5.74, 6) is 0. The van der Waals surface area contributed by atoms with E-state index in [2.05, 4.69) is 0 Å². The van der Waals surface area contributed by atoms with Crippen LogP contribution in [0.2, 0.25) is 0 Å². The van der Waals surface area contributed by atoms with Crippen LogP contribution in [0.25, 0.3) is 0 Å². The molecule has 2 rings (SSSR count). The summed E-state index contributed by atoms with van der Waals surface area (Å²) >= 11 is 1.23. The third kappa shape index (κ3) is 2.89. The highest BCUT2D eigenvalue weighted by Gasteiger charge is 2.24. The lowest BCUT2D eigenvalue weighted by molar-refractivity contribution is 0.465. The van der Waals surface area contributed by atoms with Gasteiger partial charge in [-0.1, -0.05) is 0 Å². The molecule has 0 saturated carbocycles. The number of nitrogens with two attached hydrogens (primary N) is 1. The molecule has 19 heavy (non-hydrogen) atoms. The number of sulfonamides is 1. The Bertz CT molecular complexity index is 645. The zero-order valence-electron chi connectivity index (χ0n) is 10.8. The Hall–Kier alpha value is -1.15. The maximum absolute atomic E-state index is 12.4. The summed E-state index contributed by atoms with van der Waals surface area (Å²) in [6.07, 6.45) is 3.06. The van der Waals surface area contributed by atoms with Crippen molar-refractivity contribution >= 4 is 21.4 Å². The molecule has 0 aromatic carbocycles. The molecule has 0 aliphatic carbocycles. The van der Waals surface area contributed by atoms with Gasteiger partial charge in [-0.25, -0.2) is 8.42 Å². The fourth-order valence-corrected chi connectivity index (χ4v) is 4.54. The van der Waals surface area contributed by atoms with Crippen molar-refractivity contribution in [3.63, 3.8) is 0 Å². The van der Waals surface area contributed by atoms with E-state index in [9.17, 15) is 8.42 Å². The minimum Gasteiger partial charge on any atom is -0.472 e. The second-order valence-corrected chi connectivity index (χ2v) is 7.68. The summed E-state index contributed by atoms with van der Waals surface area (Å²) in [4.78, 5) is 0.898. The van der Waals surface area contributed by atoms with Crippen molar-refractivity contribution < 1.29 is 12.8 Å². The molecule has 0 aliphatic rings. The molecule has 0 aliphatic heterocycles. The van der Waals surface area contributed by atoms with Gasteiger partial charge in [0.05, 0.1) is 12.5 Å². The van der Waals surface area contributed by atoms with Crippen LogP contribution in [0.5, 0.6) is 0 Å². The second kappa shape index (κ2) is 5.46. The first-order valence-electron chi connectivity index (χ1n) is 5.72. The molecule has 7 heteroatoms. The average Bonchev–Trinajstić information content (AvgIpc) is 2.98. The number of rotatable bonds is 5. The molecule has 2 N–H and O–H groups in total. The van der Waals surface area contributed by atoms with Crippen LogP contribution in [0.4, 0.5) is 0 Å². The van der Waals surface area contributed by atoms with Crippen molar-refractivity contribution in [3.8, 4) is 0 Å². The third-order valence-corrected chi connectivity index (χ3v) is 6.35. The van der Waals surface area contributed by atoms with Gasteiger partial charge in [-0.05, 0) is 24.6 Å². The fourth-order valence-electron chi connectivity index (χ4n) is 1.70. The number of hydrogen-bond acceptors (Lipinski definition) is 5. The van der Waals surface area contributed by atoms with Crippen molar-refractivity contribution in [2.75, 3.05) is 7.05 Å². The third-order valence-electron chi connectivity index (χ3n) is 2.83. The Morgan fingerprint density at radius 3 is 2.74 bits per heavy atom. The molecular weight excluding hydrogens is 284 g/mol. The Morgan fingerprint density at radius 1 is 1.47 bits per heavy atom. The first kappa shape index (κ1) is 14.3. The largest absolute Gasteiger partial charge is 0.472 e. The monoisotopic (exact) mass is 300 g/mol. The molecule has 0 bridgehead atoms. The molecule has 0 unspecified atom stereocenters. The summed E-state index contributed by atoms with van der Waals surface area (Å²) in [7, 11) is -1.92. The number of thiophene rings is 1. The summed E-state index contributed by atoms with van der Waals surface area (Å²) in [5, 5.41) is 0. The van der Waals surface area contributed by atoms with Gasteiger partial charge in [0.2, 0.25) is 0 Å². The molecule has 0 amide bonds. The summed E-state index contributed by atoms with van der Waals surface area (Å²) in [6, 6.07) is 3.42. The van der Waals surface area contributed by atoms with Gasteiger partial charge in [-0.2, -0.15) is 4.31 Å². The molecule has 0 fully saturated rings. The van der Waals surface area contributed by atoms with E-state index in [4.69, 9.17) is 10.2 Å². The lowest BCUT2D eigenvalue weighted by atomic mass is 10.3. The molecular formula is C12H16N2O3S2. The smallest absolute Gasteiger partial charge is 0.252 e. The van der Waals surface area contributed by atoms with Crippen molar-refractivity contribution in [2.45, 2.75) is 24.2 Å². The number of nitrogens with zero attached hydrogens (tertiary/aromatic N) is 1. The van der Waals surface area contributed by atoms with Gasteiger partial charge < -0.3 is 10.2 Å². The van der Waals surface area contributed by atoms with E-state index in [1.807, 2.05) is 6.92 Å². The minimum atomic E-state index is -3.47. The maximum Gasteiger partial charge on any atom is 0.252 e. The number of furan rings is 1. The van der Waals surface area contributed by atoms with Crippen LogP contribution in [-0.2, 0) is 23.1 Å². The van der Waals surface area contributed by atoms with Crippen molar-refractivity contribution in [1.29, 1.82) is 0 Å². The van der Waals surface area contributed by atoms with E-state index in [0.29, 0.717) is 10.8 Å². The molecule has 0 spiro atoms. The Kier molecular flexibility index (Phi) is 4.10. The molecule has 2 aromatic rings. The first-order valence-corrected chi connectivity index (χ1v) is 7.97. The predicted octanol–water partition coefficient (Wildman–Crippen LogP) is 1.93. The van der Waals surface area contributed by atoms with E-state index in [1.165, 1.54) is 28.2 Å². The van der Waals surface area contributed by atoms with Gasteiger partial charge in [0.15, 0.2) is 0 Å². The van der Waals surface area contributed by atoms with Crippen LogP contribution in [0, 0.1) is 6.92 Å². The number of hydrogen-bond donors (Lipinski definition) is 1. The number of aryl methyl sites for hydroxylation is 1. The van der Waals surface area contributed by atoms with Crippen LogP contribution in [0.3, 0.4) is 0 Å². The van der Waals surface area contributed by atoms with E-state index < -0.39 is 10.0 Å². The fraction of sp³-hybridized carbons (Fsp3) is 0.333. The Labute approximate surface area is 116 Å². The van der Waals surface area contributed by atoms with Crippen molar-refractivity contribution in [3.05, 3.63) is 40.7 Å². The lowest BCUT2D eigenvalue weighted by Gasteiger charge is -2.14. The molecule has 104 valence electrons. The summed E-state index contributed by atoms with van der Waals surface area (Å²) < 4.78 is 31.4. The molecule has 2 heterocycles. The highest BCUT2D eigenvalue weighted by Crippen LogP contribution is 2.28. The standard InChI is InChI=1S/C12H16N2O3S2/c1-9-5-12(18-11(9)6-13)19(15,16)14(2)7-10-3-4-17-8-10/h3-5,8H,6-7,13H2,1-2H3. The van der Waals surface area contributed by atoms with Crippen LogP contribution >= 0.6 is 11.3 Å². The average molecular weight is 300 g/mol. The predicted molar refractivity (Wildman–Crippen MR) is 74.3 cm³/mol. The zero-order chi connectivity index (χ0) is 14.0. The van der Waals surface area contributed by atoms with E-state index in [0.717, 1.165) is 16.0 Å². The summed E-state index contributed by atoms with van der Waals surface area (Å²) in [6.45, 7) is 2.51. The van der Waals surface area contributed by atoms with E-state index in [-0.39, 0.29) is 6.54 Å². The summed E-state index contributed by atoms with van der Waals surface area (Å²) in [5.41, 5.74) is 7.32. The highest BCUT2D eigenvalue weighted by atomic mass is 32.2. The molecule has 5 nitrogen and oxygen atoms in total. The van der Waals surface area contributed by atoms with E-state index >= 15 is 0 Å². The second-order valence-electron chi connectivity index (χ2n) is 4.27. The SMILES string of the molecule is Cc1cc(S(=O)(=O)N(C)Cc2ccoc2)sc1CN. The normalized spacial score (nSPS) is 12.2. The minimum absolute atomic E-state index is 0.285. The van der Waals surface area contributed by atoms with Crippen LogP contribution < -0.4 is 5.73 Å². The maximum atomic E-state index is 12.4. The molecule has 0 radical (unpaired) electrons. The van der Waals surface area contributed by atoms with Crippen LogP contribution in [0.1, 0.15) is 16.0 Å². The lowest BCUT2D eigenvalue weighted by Crippen LogP contribution is -2.25. The van der Waals surface area contributed by atoms with Crippen molar-refractivity contribution in [2.24, 2.45) is 5.73 Å². The highest BCUT2D eigenvalue weighted by molar-refractivity contribution is 7.91.